The second kappa shape index (κ2) is 5.72. The van der Waals surface area contributed by atoms with Crippen LogP contribution in [0.3, 0.4) is 0 Å². The normalized spacial score (nSPS) is 10.8. The molecule has 0 bridgehead atoms. The molecule has 0 radical (unpaired) electrons. The van der Waals surface area contributed by atoms with Crippen molar-refractivity contribution in [3.8, 4) is 22.4 Å². The van der Waals surface area contributed by atoms with Crippen LogP contribution in [0.5, 0.6) is 0 Å². The number of halogens is 3. The van der Waals surface area contributed by atoms with Crippen molar-refractivity contribution in [1.29, 1.82) is 0 Å². The number of nitrogens with two attached hydrogens (primary N) is 1. The summed E-state index contributed by atoms with van der Waals surface area (Å²) in [7, 11) is 0. The highest BCUT2D eigenvalue weighted by molar-refractivity contribution is 9.10. The minimum Gasteiger partial charge on any atom is -0.367 e. The van der Waals surface area contributed by atoms with Gasteiger partial charge < -0.3 is 10.3 Å². The zero-order chi connectivity index (χ0) is 15.0. The Hall–Kier alpha value is -1.49. The molecule has 0 aliphatic rings. The Labute approximate surface area is 139 Å². The van der Waals surface area contributed by atoms with E-state index in [1.807, 2.05) is 24.3 Å². The third-order valence-electron chi connectivity index (χ3n) is 2.97. The first-order valence-electron chi connectivity index (χ1n) is 6.02. The number of rotatable bonds is 2. The summed E-state index contributed by atoms with van der Waals surface area (Å²) in [5, 5.41) is 5.26. The van der Waals surface area contributed by atoms with Gasteiger partial charge in [0.2, 0.25) is 5.88 Å². The van der Waals surface area contributed by atoms with Crippen LogP contribution in [0.1, 0.15) is 0 Å². The summed E-state index contributed by atoms with van der Waals surface area (Å²) < 4.78 is 6.00. The standard InChI is InChI=1S/C15H9BrCl2N2O/c16-10-4-9(6-12(18)7-10)14-13(15(19)21-20-14)8-2-1-3-11(17)5-8/h1-7H,19H2. The van der Waals surface area contributed by atoms with E-state index >= 15 is 0 Å². The van der Waals surface area contributed by atoms with Crippen LogP contribution in [-0.4, -0.2) is 5.16 Å². The maximum atomic E-state index is 6.09. The lowest BCUT2D eigenvalue weighted by atomic mass is 10.0. The fourth-order valence-electron chi connectivity index (χ4n) is 2.11. The zero-order valence-corrected chi connectivity index (χ0v) is 13.7. The fourth-order valence-corrected chi connectivity index (χ4v) is 3.16. The van der Waals surface area contributed by atoms with E-state index in [4.69, 9.17) is 33.5 Å². The Morgan fingerprint density at radius 1 is 1.00 bits per heavy atom. The Balaban J connectivity index is 2.21. The summed E-state index contributed by atoms with van der Waals surface area (Å²) in [5.74, 6) is 0.239. The van der Waals surface area contributed by atoms with Crippen molar-refractivity contribution in [1.82, 2.24) is 5.16 Å². The minimum absolute atomic E-state index is 0.239. The molecule has 1 aromatic heterocycles. The lowest BCUT2D eigenvalue weighted by Gasteiger charge is -2.05. The maximum Gasteiger partial charge on any atom is 0.230 e. The van der Waals surface area contributed by atoms with Crippen LogP contribution < -0.4 is 5.73 Å². The molecule has 0 saturated carbocycles. The van der Waals surface area contributed by atoms with Gasteiger partial charge in [0.05, 0.1) is 5.56 Å². The topological polar surface area (TPSA) is 52.0 Å². The van der Waals surface area contributed by atoms with E-state index in [1.165, 1.54) is 0 Å². The minimum atomic E-state index is 0.239. The molecule has 0 saturated heterocycles. The van der Waals surface area contributed by atoms with E-state index < -0.39 is 0 Å². The highest BCUT2D eigenvalue weighted by atomic mass is 79.9. The molecule has 2 N–H and O–H groups in total. The second-order valence-electron chi connectivity index (χ2n) is 4.44. The van der Waals surface area contributed by atoms with Crippen LogP contribution in [0.2, 0.25) is 10.0 Å². The number of nitrogens with zero attached hydrogens (tertiary/aromatic N) is 1. The van der Waals surface area contributed by atoms with Gasteiger partial charge in [-0.3, -0.25) is 0 Å². The average molecular weight is 384 g/mol. The molecule has 3 aromatic rings. The van der Waals surface area contributed by atoms with Gasteiger partial charge in [0, 0.05) is 20.1 Å². The first-order valence-corrected chi connectivity index (χ1v) is 7.57. The molecule has 1 heterocycles. The van der Waals surface area contributed by atoms with Gasteiger partial charge in [-0.05, 0) is 35.9 Å². The van der Waals surface area contributed by atoms with Crippen LogP contribution in [0.4, 0.5) is 5.88 Å². The highest BCUT2D eigenvalue weighted by Crippen LogP contribution is 2.38. The van der Waals surface area contributed by atoms with Crippen molar-refractivity contribution < 1.29 is 4.52 Å². The summed E-state index contributed by atoms with van der Waals surface area (Å²) in [6.45, 7) is 0. The summed E-state index contributed by atoms with van der Waals surface area (Å²) in [6, 6.07) is 12.9. The van der Waals surface area contributed by atoms with Crippen LogP contribution in [-0.2, 0) is 0 Å². The largest absolute Gasteiger partial charge is 0.367 e. The average Bonchev–Trinajstić information content (AvgIpc) is 2.79. The Morgan fingerprint density at radius 3 is 2.48 bits per heavy atom. The monoisotopic (exact) mass is 382 g/mol. The number of hydrogen-bond acceptors (Lipinski definition) is 3. The molecule has 0 aliphatic heterocycles. The van der Waals surface area contributed by atoms with Gasteiger partial charge in [0.25, 0.3) is 0 Å². The summed E-state index contributed by atoms with van der Waals surface area (Å²) in [5.41, 5.74) is 8.89. The highest BCUT2D eigenvalue weighted by Gasteiger charge is 2.18. The number of benzene rings is 2. The van der Waals surface area contributed by atoms with Gasteiger partial charge in [0.1, 0.15) is 5.69 Å². The van der Waals surface area contributed by atoms with Crippen molar-refractivity contribution >= 4 is 45.0 Å². The van der Waals surface area contributed by atoms with E-state index in [0.29, 0.717) is 21.3 Å². The summed E-state index contributed by atoms with van der Waals surface area (Å²) in [4.78, 5) is 0. The van der Waals surface area contributed by atoms with Crippen LogP contribution >= 0.6 is 39.1 Å². The van der Waals surface area contributed by atoms with Gasteiger partial charge >= 0.3 is 0 Å². The van der Waals surface area contributed by atoms with Crippen molar-refractivity contribution in [3.05, 3.63) is 57.0 Å². The molecule has 0 unspecified atom stereocenters. The predicted octanol–water partition coefficient (Wildman–Crippen LogP) is 5.66. The molecule has 2 aromatic carbocycles. The smallest absolute Gasteiger partial charge is 0.230 e. The van der Waals surface area contributed by atoms with Gasteiger partial charge in [0.15, 0.2) is 0 Å². The molecule has 0 fully saturated rings. The summed E-state index contributed by atoms with van der Waals surface area (Å²) in [6.07, 6.45) is 0. The number of hydrogen-bond donors (Lipinski definition) is 1. The second-order valence-corrected chi connectivity index (χ2v) is 6.23. The summed E-state index contributed by atoms with van der Waals surface area (Å²) >= 11 is 15.5. The molecule has 0 amide bonds. The van der Waals surface area contributed by atoms with Crippen molar-refractivity contribution in [2.75, 3.05) is 5.73 Å². The molecule has 0 spiro atoms. The number of aromatic nitrogens is 1. The third-order valence-corrected chi connectivity index (χ3v) is 3.88. The molecular formula is C15H9BrCl2N2O. The Morgan fingerprint density at radius 2 is 1.76 bits per heavy atom. The lowest BCUT2D eigenvalue weighted by molar-refractivity contribution is 0.439. The predicted molar refractivity (Wildman–Crippen MR) is 89.5 cm³/mol. The number of nitrogen functional groups attached to an aromatic ring is 1. The van der Waals surface area contributed by atoms with Gasteiger partial charge in [-0.25, -0.2) is 0 Å². The maximum absolute atomic E-state index is 6.09. The Bertz CT molecular complexity index is 797. The van der Waals surface area contributed by atoms with Crippen LogP contribution in [0.15, 0.2) is 51.5 Å². The third kappa shape index (κ3) is 2.93. The van der Waals surface area contributed by atoms with Crippen molar-refractivity contribution in [2.45, 2.75) is 0 Å². The van der Waals surface area contributed by atoms with E-state index in [2.05, 4.69) is 21.1 Å². The van der Waals surface area contributed by atoms with E-state index in [9.17, 15) is 0 Å². The van der Waals surface area contributed by atoms with Gasteiger partial charge in [-0.2, -0.15) is 0 Å². The van der Waals surface area contributed by atoms with Crippen molar-refractivity contribution in [3.63, 3.8) is 0 Å². The Kier molecular flexibility index (Phi) is 3.93. The van der Waals surface area contributed by atoms with Crippen LogP contribution in [0, 0.1) is 0 Å². The number of anilines is 1. The molecule has 21 heavy (non-hydrogen) atoms. The van der Waals surface area contributed by atoms with Crippen LogP contribution in [0.25, 0.3) is 22.4 Å². The zero-order valence-electron chi connectivity index (χ0n) is 10.6. The fraction of sp³-hybridized carbons (Fsp3) is 0. The SMILES string of the molecule is Nc1onc(-c2cc(Cl)cc(Br)c2)c1-c1cccc(Cl)c1. The quantitative estimate of drug-likeness (QED) is 0.621. The van der Waals surface area contributed by atoms with E-state index in [1.54, 1.807) is 18.2 Å². The molecule has 106 valence electrons. The van der Waals surface area contributed by atoms with Gasteiger partial charge in [-0.15, -0.1) is 0 Å². The van der Waals surface area contributed by atoms with E-state index in [-0.39, 0.29) is 5.88 Å². The first-order chi connectivity index (χ1) is 10.0. The van der Waals surface area contributed by atoms with Gasteiger partial charge in [-0.1, -0.05) is 56.4 Å². The molecular weight excluding hydrogens is 375 g/mol. The first kappa shape index (κ1) is 14.4. The molecule has 3 nitrogen and oxygen atoms in total. The molecule has 6 heteroatoms. The molecule has 3 rings (SSSR count). The molecule has 0 aliphatic carbocycles. The lowest BCUT2D eigenvalue weighted by Crippen LogP contribution is -1.88. The van der Waals surface area contributed by atoms with Crippen molar-refractivity contribution in [2.24, 2.45) is 0 Å². The van der Waals surface area contributed by atoms with E-state index in [0.717, 1.165) is 15.6 Å². The molecule has 0 atom stereocenters.